The molecule has 0 aliphatic carbocycles. The van der Waals surface area contributed by atoms with Crippen molar-refractivity contribution in [1.82, 2.24) is 0 Å². The Kier molecular flexibility index (Phi) is 4.28. The van der Waals surface area contributed by atoms with Crippen LogP contribution in [-0.4, -0.2) is 5.78 Å². The maximum atomic E-state index is 13.0. The van der Waals surface area contributed by atoms with Crippen LogP contribution in [0, 0.1) is 0 Å². The van der Waals surface area contributed by atoms with Crippen LogP contribution < -0.4 is 0 Å². The number of benzene rings is 2. The first-order valence-electron chi connectivity index (χ1n) is 7.86. The molecule has 1 nitrogen and oxygen atoms in total. The molecule has 0 heterocycles. The van der Waals surface area contributed by atoms with Crippen molar-refractivity contribution in [1.29, 1.82) is 0 Å². The molecule has 0 atom stereocenters. The first-order chi connectivity index (χ1) is 10.1. The van der Waals surface area contributed by atoms with Crippen LogP contribution in [0.4, 0.5) is 0 Å². The second-order valence-electron chi connectivity index (χ2n) is 7.92. The molecular formula is C21H26O. The van der Waals surface area contributed by atoms with Crippen LogP contribution >= 0.6 is 0 Å². The van der Waals surface area contributed by atoms with Gasteiger partial charge in [-0.25, -0.2) is 0 Å². The minimum absolute atomic E-state index is 0.00952. The minimum atomic E-state index is -0.0797. The summed E-state index contributed by atoms with van der Waals surface area (Å²) in [6, 6.07) is 15.7. The van der Waals surface area contributed by atoms with Gasteiger partial charge in [-0.2, -0.15) is 0 Å². The van der Waals surface area contributed by atoms with E-state index in [-0.39, 0.29) is 16.6 Å². The quantitative estimate of drug-likeness (QED) is 0.667. The summed E-state index contributed by atoms with van der Waals surface area (Å²) in [5.41, 5.74) is 3.92. The average molecular weight is 294 g/mol. The SMILES string of the molecule is CC(C)(C)c1cccc(C(=O)c2ccccc2)c1C(C)(C)C. The summed E-state index contributed by atoms with van der Waals surface area (Å²) in [4.78, 5) is 13.0. The fourth-order valence-corrected chi connectivity index (χ4v) is 2.92. The van der Waals surface area contributed by atoms with Crippen LogP contribution in [0.5, 0.6) is 0 Å². The highest BCUT2D eigenvalue weighted by molar-refractivity contribution is 6.10. The molecule has 2 aromatic carbocycles. The highest BCUT2D eigenvalue weighted by Gasteiger charge is 2.29. The molecule has 0 amide bonds. The Balaban J connectivity index is 2.70. The smallest absolute Gasteiger partial charge is 0.193 e. The zero-order chi connectivity index (χ0) is 16.5. The molecule has 2 rings (SSSR count). The standard InChI is InChI=1S/C21H26O/c1-20(2,3)17-14-10-13-16(18(17)21(4,5)6)19(22)15-11-8-7-9-12-15/h7-14H,1-6H3. The molecule has 0 spiro atoms. The third-order valence-electron chi connectivity index (χ3n) is 3.90. The van der Waals surface area contributed by atoms with Gasteiger partial charge in [0.2, 0.25) is 0 Å². The number of carbonyl (C=O) groups is 1. The van der Waals surface area contributed by atoms with E-state index in [1.807, 2.05) is 42.5 Å². The third kappa shape index (κ3) is 3.30. The molecule has 0 aromatic heterocycles. The summed E-state index contributed by atoms with van der Waals surface area (Å²) in [7, 11) is 0. The molecule has 0 N–H and O–H groups in total. The van der Waals surface area contributed by atoms with Gasteiger partial charge in [-0.05, 0) is 22.0 Å². The van der Waals surface area contributed by atoms with E-state index in [0.717, 1.165) is 16.7 Å². The fourth-order valence-electron chi connectivity index (χ4n) is 2.92. The van der Waals surface area contributed by atoms with E-state index in [4.69, 9.17) is 0 Å². The maximum absolute atomic E-state index is 13.0. The van der Waals surface area contributed by atoms with Crippen LogP contribution in [0.2, 0.25) is 0 Å². The van der Waals surface area contributed by atoms with Crippen LogP contribution in [0.1, 0.15) is 68.6 Å². The predicted octanol–water partition coefficient (Wildman–Crippen LogP) is 5.51. The monoisotopic (exact) mass is 294 g/mol. The Morgan fingerprint density at radius 1 is 0.727 bits per heavy atom. The molecule has 0 unspecified atom stereocenters. The van der Waals surface area contributed by atoms with E-state index in [1.165, 1.54) is 5.56 Å². The summed E-state index contributed by atoms with van der Waals surface area (Å²) in [6.07, 6.45) is 0. The van der Waals surface area contributed by atoms with Gasteiger partial charge in [-0.1, -0.05) is 90.1 Å². The largest absolute Gasteiger partial charge is 0.289 e. The second-order valence-corrected chi connectivity index (χ2v) is 7.92. The van der Waals surface area contributed by atoms with Crippen molar-refractivity contribution in [3.8, 4) is 0 Å². The van der Waals surface area contributed by atoms with Crippen molar-refractivity contribution in [2.45, 2.75) is 52.4 Å². The van der Waals surface area contributed by atoms with Crippen molar-refractivity contribution >= 4 is 5.78 Å². The summed E-state index contributed by atoms with van der Waals surface area (Å²) in [6.45, 7) is 13.1. The van der Waals surface area contributed by atoms with Gasteiger partial charge >= 0.3 is 0 Å². The molecule has 0 bridgehead atoms. The molecule has 0 aliphatic rings. The van der Waals surface area contributed by atoms with E-state index >= 15 is 0 Å². The van der Waals surface area contributed by atoms with Gasteiger partial charge in [0.15, 0.2) is 5.78 Å². The molecule has 22 heavy (non-hydrogen) atoms. The predicted molar refractivity (Wildman–Crippen MR) is 93.7 cm³/mol. The zero-order valence-corrected chi connectivity index (χ0v) is 14.5. The number of hydrogen-bond acceptors (Lipinski definition) is 1. The van der Waals surface area contributed by atoms with E-state index in [2.05, 4.69) is 47.6 Å². The van der Waals surface area contributed by atoms with Gasteiger partial charge in [0.1, 0.15) is 0 Å². The molecule has 0 fully saturated rings. The highest BCUT2D eigenvalue weighted by atomic mass is 16.1. The van der Waals surface area contributed by atoms with E-state index in [1.54, 1.807) is 0 Å². The number of hydrogen-bond donors (Lipinski definition) is 0. The summed E-state index contributed by atoms with van der Waals surface area (Å²) in [5, 5.41) is 0. The van der Waals surface area contributed by atoms with Crippen molar-refractivity contribution in [2.24, 2.45) is 0 Å². The van der Waals surface area contributed by atoms with Crippen molar-refractivity contribution < 1.29 is 4.79 Å². The molecule has 1 heteroatoms. The van der Waals surface area contributed by atoms with Crippen LogP contribution in [-0.2, 0) is 10.8 Å². The summed E-state index contributed by atoms with van der Waals surface area (Å²) in [5.74, 6) is 0.108. The summed E-state index contributed by atoms with van der Waals surface area (Å²) >= 11 is 0. The van der Waals surface area contributed by atoms with Crippen LogP contribution in [0.15, 0.2) is 48.5 Å². The normalized spacial score (nSPS) is 12.3. The van der Waals surface area contributed by atoms with E-state index in [0.29, 0.717) is 0 Å². The summed E-state index contributed by atoms with van der Waals surface area (Å²) < 4.78 is 0. The Morgan fingerprint density at radius 2 is 1.32 bits per heavy atom. The Bertz CT molecular complexity index is 667. The molecule has 0 aliphatic heterocycles. The van der Waals surface area contributed by atoms with Gasteiger partial charge in [-0.3, -0.25) is 4.79 Å². The van der Waals surface area contributed by atoms with E-state index in [9.17, 15) is 4.79 Å². The minimum Gasteiger partial charge on any atom is -0.289 e. The van der Waals surface area contributed by atoms with Gasteiger partial charge in [0.25, 0.3) is 0 Å². The number of rotatable bonds is 2. The lowest BCUT2D eigenvalue weighted by atomic mass is 9.72. The zero-order valence-electron chi connectivity index (χ0n) is 14.5. The molecule has 0 saturated heterocycles. The maximum Gasteiger partial charge on any atom is 0.193 e. The molecule has 2 aromatic rings. The third-order valence-corrected chi connectivity index (χ3v) is 3.90. The van der Waals surface area contributed by atoms with Gasteiger partial charge < -0.3 is 0 Å². The first-order valence-corrected chi connectivity index (χ1v) is 7.86. The van der Waals surface area contributed by atoms with Crippen molar-refractivity contribution in [3.05, 3.63) is 70.8 Å². The lowest BCUT2D eigenvalue weighted by molar-refractivity contribution is 0.103. The molecule has 116 valence electrons. The first kappa shape index (κ1) is 16.5. The number of ketones is 1. The van der Waals surface area contributed by atoms with Gasteiger partial charge in [-0.15, -0.1) is 0 Å². The lowest BCUT2D eigenvalue weighted by Gasteiger charge is -2.32. The Morgan fingerprint density at radius 3 is 1.82 bits per heavy atom. The molecular weight excluding hydrogens is 268 g/mol. The van der Waals surface area contributed by atoms with Crippen molar-refractivity contribution in [3.63, 3.8) is 0 Å². The molecule has 0 saturated carbocycles. The second kappa shape index (κ2) is 5.72. The lowest BCUT2D eigenvalue weighted by Crippen LogP contribution is -2.25. The van der Waals surface area contributed by atoms with Crippen LogP contribution in [0.25, 0.3) is 0 Å². The average Bonchev–Trinajstić information content (AvgIpc) is 2.45. The van der Waals surface area contributed by atoms with Gasteiger partial charge in [0.05, 0.1) is 0 Å². The Hall–Kier alpha value is -1.89. The highest BCUT2D eigenvalue weighted by Crippen LogP contribution is 2.36. The van der Waals surface area contributed by atoms with Crippen molar-refractivity contribution in [2.75, 3.05) is 0 Å². The fraction of sp³-hybridized carbons (Fsp3) is 0.381. The Labute approximate surface area is 134 Å². The molecule has 0 radical (unpaired) electrons. The van der Waals surface area contributed by atoms with E-state index < -0.39 is 0 Å². The topological polar surface area (TPSA) is 17.1 Å². The van der Waals surface area contributed by atoms with Crippen LogP contribution in [0.3, 0.4) is 0 Å². The van der Waals surface area contributed by atoms with Gasteiger partial charge in [0, 0.05) is 11.1 Å². The number of carbonyl (C=O) groups excluding carboxylic acids is 1.